The second kappa shape index (κ2) is 8.40. The fraction of sp³-hybridized carbons (Fsp3) is 0.273. The van der Waals surface area contributed by atoms with Gasteiger partial charge in [-0.05, 0) is 55.7 Å². The molecule has 0 aliphatic rings. The van der Waals surface area contributed by atoms with E-state index >= 15 is 0 Å². The van der Waals surface area contributed by atoms with E-state index in [4.69, 9.17) is 21.1 Å². The first-order chi connectivity index (χ1) is 12.9. The summed E-state index contributed by atoms with van der Waals surface area (Å²) in [5.74, 6) is 0.411. The van der Waals surface area contributed by atoms with Gasteiger partial charge in [-0.3, -0.25) is 4.79 Å². The van der Waals surface area contributed by atoms with Gasteiger partial charge in [0.05, 0.1) is 18.5 Å². The zero-order valence-corrected chi connectivity index (χ0v) is 16.5. The lowest BCUT2D eigenvalue weighted by Gasteiger charge is -2.10. The highest BCUT2D eigenvalue weighted by molar-refractivity contribution is 6.30. The first kappa shape index (κ1) is 19.2. The molecule has 3 rings (SSSR count). The van der Waals surface area contributed by atoms with E-state index in [1.54, 1.807) is 0 Å². The molecule has 0 aliphatic carbocycles. The van der Waals surface area contributed by atoms with Crippen molar-refractivity contribution in [1.82, 2.24) is 4.98 Å². The summed E-state index contributed by atoms with van der Waals surface area (Å²) in [7, 11) is 0. The Morgan fingerprint density at radius 1 is 1.11 bits per heavy atom. The van der Waals surface area contributed by atoms with Crippen molar-refractivity contribution in [2.45, 2.75) is 33.8 Å². The second-order valence-corrected chi connectivity index (χ2v) is 6.95. The van der Waals surface area contributed by atoms with Crippen LogP contribution in [-0.2, 0) is 16.1 Å². The number of carbonyl (C=O) groups excluding carboxylic acids is 1. The topological polar surface area (TPSA) is 48.4 Å². The van der Waals surface area contributed by atoms with Crippen LogP contribution in [0, 0.1) is 20.8 Å². The van der Waals surface area contributed by atoms with Gasteiger partial charge in [-0.1, -0.05) is 35.9 Å². The first-order valence-electron chi connectivity index (χ1n) is 8.84. The van der Waals surface area contributed by atoms with Gasteiger partial charge in [0.25, 0.3) is 0 Å². The lowest BCUT2D eigenvalue weighted by molar-refractivity contribution is -0.145. The molecule has 3 aromatic rings. The van der Waals surface area contributed by atoms with Crippen molar-refractivity contribution in [3.63, 3.8) is 0 Å². The molecule has 0 fully saturated rings. The molecular formula is C22H22ClNO3. The summed E-state index contributed by atoms with van der Waals surface area (Å²) in [5, 5.41) is 1.34. The molecular weight excluding hydrogens is 362 g/mol. The number of pyridine rings is 1. The van der Waals surface area contributed by atoms with Crippen LogP contribution < -0.4 is 4.74 Å². The number of rotatable bonds is 6. The van der Waals surface area contributed by atoms with Crippen molar-refractivity contribution in [3.05, 3.63) is 69.9 Å². The standard InChI is InChI=1S/C22H22ClNO3/c1-14-5-4-6-19(11-14)26-10-9-20(25)27-13-18-12-17-8-7-15(2)16(3)21(17)24-22(18)23/h4-8,11-12H,9-10,13H2,1-3H3. The average Bonchev–Trinajstić information content (AvgIpc) is 2.64. The number of hydrogen-bond acceptors (Lipinski definition) is 4. The maximum atomic E-state index is 12.0. The zero-order chi connectivity index (χ0) is 19.4. The van der Waals surface area contributed by atoms with Crippen LogP contribution in [0.1, 0.15) is 28.7 Å². The Bertz CT molecular complexity index is 985. The maximum Gasteiger partial charge on any atom is 0.309 e. The highest BCUT2D eigenvalue weighted by Crippen LogP contribution is 2.25. The smallest absolute Gasteiger partial charge is 0.309 e. The van der Waals surface area contributed by atoms with Crippen LogP contribution in [0.2, 0.25) is 5.15 Å². The molecule has 140 valence electrons. The summed E-state index contributed by atoms with van der Waals surface area (Å²) >= 11 is 6.28. The average molecular weight is 384 g/mol. The van der Waals surface area contributed by atoms with Gasteiger partial charge in [-0.2, -0.15) is 0 Å². The highest BCUT2D eigenvalue weighted by atomic mass is 35.5. The van der Waals surface area contributed by atoms with Crippen molar-refractivity contribution in [3.8, 4) is 5.75 Å². The van der Waals surface area contributed by atoms with E-state index in [1.807, 2.05) is 63.2 Å². The van der Waals surface area contributed by atoms with E-state index in [-0.39, 0.29) is 25.6 Å². The van der Waals surface area contributed by atoms with Crippen molar-refractivity contribution in [2.24, 2.45) is 0 Å². The molecule has 0 atom stereocenters. The zero-order valence-electron chi connectivity index (χ0n) is 15.7. The minimum absolute atomic E-state index is 0.0952. The van der Waals surface area contributed by atoms with E-state index in [9.17, 15) is 4.79 Å². The molecule has 0 amide bonds. The summed E-state index contributed by atoms with van der Waals surface area (Å²) < 4.78 is 10.9. The van der Waals surface area contributed by atoms with Crippen LogP contribution in [0.25, 0.3) is 10.9 Å². The number of benzene rings is 2. The van der Waals surface area contributed by atoms with Crippen molar-refractivity contribution in [1.29, 1.82) is 0 Å². The van der Waals surface area contributed by atoms with Crippen LogP contribution in [0.5, 0.6) is 5.75 Å². The third-order valence-corrected chi connectivity index (χ3v) is 4.82. The van der Waals surface area contributed by atoms with Gasteiger partial charge in [-0.15, -0.1) is 0 Å². The van der Waals surface area contributed by atoms with Crippen molar-refractivity contribution >= 4 is 28.5 Å². The molecule has 0 unspecified atom stereocenters. The number of nitrogens with zero attached hydrogens (tertiary/aromatic N) is 1. The van der Waals surface area contributed by atoms with E-state index < -0.39 is 0 Å². The summed E-state index contributed by atoms with van der Waals surface area (Å²) in [6, 6.07) is 13.7. The van der Waals surface area contributed by atoms with Gasteiger partial charge in [0.2, 0.25) is 0 Å². The maximum absolute atomic E-state index is 12.0. The molecule has 4 nitrogen and oxygen atoms in total. The molecule has 1 heterocycles. The predicted molar refractivity (Wildman–Crippen MR) is 107 cm³/mol. The second-order valence-electron chi connectivity index (χ2n) is 6.59. The molecule has 0 aliphatic heterocycles. The molecule has 0 spiro atoms. The fourth-order valence-electron chi connectivity index (χ4n) is 2.79. The number of halogens is 1. The van der Waals surface area contributed by atoms with Gasteiger partial charge in [0, 0.05) is 10.9 Å². The van der Waals surface area contributed by atoms with Crippen LogP contribution in [0.15, 0.2) is 42.5 Å². The monoisotopic (exact) mass is 383 g/mol. The number of aryl methyl sites for hydroxylation is 3. The first-order valence-corrected chi connectivity index (χ1v) is 9.22. The summed E-state index contributed by atoms with van der Waals surface area (Å²) in [6.07, 6.45) is 0.172. The highest BCUT2D eigenvalue weighted by Gasteiger charge is 2.11. The van der Waals surface area contributed by atoms with Crippen LogP contribution in [0.4, 0.5) is 0 Å². The molecule has 27 heavy (non-hydrogen) atoms. The number of fused-ring (bicyclic) bond motifs is 1. The lowest BCUT2D eigenvalue weighted by Crippen LogP contribution is -2.10. The van der Waals surface area contributed by atoms with E-state index in [0.29, 0.717) is 10.7 Å². The Morgan fingerprint density at radius 3 is 2.70 bits per heavy atom. The van der Waals surface area contributed by atoms with Gasteiger partial charge >= 0.3 is 5.97 Å². The molecule has 2 aromatic carbocycles. The third kappa shape index (κ3) is 4.77. The summed E-state index contributed by atoms with van der Waals surface area (Å²) in [6.45, 7) is 6.42. The predicted octanol–water partition coefficient (Wildman–Crippen LogP) is 5.33. The van der Waals surface area contributed by atoms with Gasteiger partial charge < -0.3 is 9.47 Å². The van der Waals surface area contributed by atoms with Gasteiger partial charge in [0.1, 0.15) is 17.5 Å². The van der Waals surface area contributed by atoms with Crippen molar-refractivity contribution < 1.29 is 14.3 Å². The summed E-state index contributed by atoms with van der Waals surface area (Å²) in [5.41, 5.74) is 4.95. The van der Waals surface area contributed by atoms with Gasteiger partial charge in [0.15, 0.2) is 0 Å². The van der Waals surface area contributed by atoms with Crippen LogP contribution in [-0.4, -0.2) is 17.6 Å². The number of esters is 1. The molecule has 0 N–H and O–H groups in total. The molecule has 1 aromatic heterocycles. The number of hydrogen-bond donors (Lipinski definition) is 0. The lowest BCUT2D eigenvalue weighted by atomic mass is 10.0. The van der Waals surface area contributed by atoms with Crippen LogP contribution in [0.3, 0.4) is 0 Å². The van der Waals surface area contributed by atoms with E-state index in [2.05, 4.69) is 4.98 Å². The Morgan fingerprint density at radius 2 is 1.93 bits per heavy atom. The quantitative estimate of drug-likeness (QED) is 0.426. The summed E-state index contributed by atoms with van der Waals surface area (Å²) in [4.78, 5) is 16.5. The Hall–Kier alpha value is -2.59. The SMILES string of the molecule is Cc1cccc(OCCC(=O)OCc2cc3ccc(C)c(C)c3nc2Cl)c1. The van der Waals surface area contributed by atoms with Crippen molar-refractivity contribution in [2.75, 3.05) is 6.61 Å². The normalized spacial score (nSPS) is 10.8. The minimum atomic E-state index is -0.334. The fourth-order valence-corrected chi connectivity index (χ4v) is 2.99. The number of carbonyl (C=O) groups is 1. The third-order valence-electron chi connectivity index (χ3n) is 4.49. The van der Waals surface area contributed by atoms with E-state index in [1.165, 1.54) is 5.56 Å². The van der Waals surface area contributed by atoms with Gasteiger partial charge in [-0.25, -0.2) is 4.98 Å². The number of aromatic nitrogens is 1. The molecule has 0 bridgehead atoms. The Kier molecular flexibility index (Phi) is 5.97. The van der Waals surface area contributed by atoms with Crippen LogP contribution >= 0.6 is 11.6 Å². The minimum Gasteiger partial charge on any atom is -0.493 e. The van der Waals surface area contributed by atoms with E-state index in [0.717, 1.165) is 27.8 Å². The molecule has 0 radical (unpaired) electrons. The Balaban J connectivity index is 1.57. The Labute approximate surface area is 164 Å². The molecule has 0 saturated carbocycles. The number of ether oxygens (including phenoxy) is 2. The largest absolute Gasteiger partial charge is 0.493 e. The molecule has 0 saturated heterocycles. The molecule has 5 heteroatoms.